The molecule has 2 bridgehead atoms. The zero-order chi connectivity index (χ0) is 21.5. The standard InChI is InChI=1S/C25H25ClN4O/c1-15-22(26)6-3-7-23(15)29-24-20(4-2-5-21(24)25(27)31)16-8-10-19(11-9-16)30-13-17-12-18(14-30)28-17/h2-11,17-18,28-29H,12-14H2,1H3,(H2,27,31)/t17-,18+. The summed E-state index contributed by atoms with van der Waals surface area (Å²) in [5.41, 5.74) is 11.8. The third-order valence-electron chi connectivity index (χ3n) is 6.32. The number of fused-ring (bicyclic) bond motifs is 2. The number of nitrogens with one attached hydrogen (secondary N) is 2. The number of nitrogens with two attached hydrogens (primary N) is 1. The van der Waals surface area contributed by atoms with Crippen molar-refractivity contribution in [2.75, 3.05) is 23.3 Å². The average Bonchev–Trinajstić information content (AvgIpc) is 2.76. The highest BCUT2D eigenvalue weighted by atomic mass is 35.5. The topological polar surface area (TPSA) is 70.4 Å². The van der Waals surface area contributed by atoms with Crippen LogP contribution in [0.3, 0.4) is 0 Å². The summed E-state index contributed by atoms with van der Waals surface area (Å²) in [6, 6.07) is 21.1. The van der Waals surface area contributed by atoms with Gasteiger partial charge in [0.05, 0.1) is 11.3 Å². The lowest BCUT2D eigenvalue weighted by Gasteiger charge is -2.49. The zero-order valence-corrected chi connectivity index (χ0v) is 18.1. The smallest absolute Gasteiger partial charge is 0.250 e. The van der Waals surface area contributed by atoms with Crippen LogP contribution < -0.4 is 21.3 Å². The van der Waals surface area contributed by atoms with Crippen molar-refractivity contribution < 1.29 is 4.79 Å². The van der Waals surface area contributed by atoms with Crippen molar-refractivity contribution in [3.8, 4) is 11.1 Å². The lowest BCUT2D eigenvalue weighted by molar-refractivity contribution is 0.100. The minimum absolute atomic E-state index is 0.447. The van der Waals surface area contributed by atoms with Gasteiger partial charge in [0.1, 0.15) is 0 Å². The van der Waals surface area contributed by atoms with Crippen molar-refractivity contribution in [3.05, 3.63) is 76.8 Å². The number of hydrogen-bond acceptors (Lipinski definition) is 4. The first kappa shape index (κ1) is 19.9. The van der Waals surface area contributed by atoms with Gasteiger partial charge in [0.2, 0.25) is 0 Å². The molecule has 3 heterocycles. The van der Waals surface area contributed by atoms with E-state index >= 15 is 0 Å². The molecule has 6 heteroatoms. The third kappa shape index (κ3) is 3.75. The number of para-hydroxylation sites is 1. The fourth-order valence-corrected chi connectivity index (χ4v) is 4.76. The number of carbonyl (C=O) groups is 1. The van der Waals surface area contributed by atoms with E-state index in [1.807, 2.05) is 37.3 Å². The molecule has 4 N–H and O–H groups in total. The lowest BCUT2D eigenvalue weighted by Crippen LogP contribution is -2.67. The molecule has 0 spiro atoms. The van der Waals surface area contributed by atoms with E-state index in [0.717, 1.165) is 35.5 Å². The van der Waals surface area contributed by atoms with E-state index in [0.29, 0.717) is 28.4 Å². The maximum Gasteiger partial charge on any atom is 0.250 e. The van der Waals surface area contributed by atoms with E-state index in [4.69, 9.17) is 17.3 Å². The monoisotopic (exact) mass is 432 g/mol. The van der Waals surface area contributed by atoms with Gasteiger partial charge in [-0.3, -0.25) is 4.79 Å². The Kier molecular flexibility index (Phi) is 5.08. The van der Waals surface area contributed by atoms with Crippen molar-refractivity contribution >= 4 is 34.6 Å². The van der Waals surface area contributed by atoms with Crippen LogP contribution in [0.5, 0.6) is 0 Å². The van der Waals surface area contributed by atoms with Crippen molar-refractivity contribution in [1.29, 1.82) is 0 Å². The fourth-order valence-electron chi connectivity index (χ4n) is 4.59. The summed E-state index contributed by atoms with van der Waals surface area (Å²) in [5.74, 6) is -0.472. The number of rotatable bonds is 5. The van der Waals surface area contributed by atoms with Crippen LogP contribution in [0.1, 0.15) is 22.3 Å². The largest absolute Gasteiger partial charge is 0.368 e. The van der Waals surface area contributed by atoms with Gasteiger partial charge in [-0.2, -0.15) is 0 Å². The summed E-state index contributed by atoms with van der Waals surface area (Å²) in [5, 5.41) is 7.65. The van der Waals surface area contributed by atoms with Crippen molar-refractivity contribution in [3.63, 3.8) is 0 Å². The van der Waals surface area contributed by atoms with Crippen LogP contribution in [0.2, 0.25) is 5.02 Å². The van der Waals surface area contributed by atoms with Gasteiger partial charge in [0.25, 0.3) is 5.91 Å². The summed E-state index contributed by atoms with van der Waals surface area (Å²) in [6.45, 7) is 4.05. The summed E-state index contributed by atoms with van der Waals surface area (Å²) in [7, 11) is 0. The Balaban J connectivity index is 1.50. The second-order valence-corrected chi connectivity index (χ2v) is 8.79. The molecule has 3 saturated heterocycles. The van der Waals surface area contributed by atoms with Gasteiger partial charge in [0.15, 0.2) is 0 Å². The van der Waals surface area contributed by atoms with Crippen LogP contribution in [-0.4, -0.2) is 31.1 Å². The molecule has 2 atom stereocenters. The molecule has 0 radical (unpaired) electrons. The number of anilines is 3. The molecule has 0 aromatic heterocycles. The number of carbonyl (C=O) groups excluding carboxylic acids is 1. The average molecular weight is 433 g/mol. The lowest BCUT2D eigenvalue weighted by atomic mass is 9.91. The minimum Gasteiger partial charge on any atom is -0.368 e. The summed E-state index contributed by atoms with van der Waals surface area (Å²) in [4.78, 5) is 14.6. The maximum atomic E-state index is 12.2. The Labute approximate surface area is 187 Å². The molecule has 3 aromatic rings. The summed E-state index contributed by atoms with van der Waals surface area (Å²) < 4.78 is 0. The van der Waals surface area contributed by atoms with Gasteiger partial charge < -0.3 is 21.3 Å². The summed E-state index contributed by atoms with van der Waals surface area (Å²) >= 11 is 6.30. The van der Waals surface area contributed by atoms with E-state index in [1.54, 1.807) is 6.07 Å². The molecule has 3 aliphatic rings. The number of hydrogen-bond donors (Lipinski definition) is 3. The first-order valence-electron chi connectivity index (χ1n) is 10.6. The van der Waals surface area contributed by atoms with Crippen LogP contribution in [0.4, 0.5) is 17.1 Å². The number of piperazine rings is 1. The molecule has 5 nitrogen and oxygen atoms in total. The first-order chi connectivity index (χ1) is 15.0. The zero-order valence-electron chi connectivity index (χ0n) is 17.4. The number of amides is 1. The Bertz CT molecular complexity index is 1130. The van der Waals surface area contributed by atoms with Gasteiger partial charge in [-0.15, -0.1) is 0 Å². The first-order valence-corrected chi connectivity index (χ1v) is 10.9. The summed E-state index contributed by atoms with van der Waals surface area (Å²) in [6.07, 6.45) is 1.28. The van der Waals surface area contributed by atoms with E-state index in [9.17, 15) is 4.79 Å². The van der Waals surface area contributed by atoms with Crippen LogP contribution >= 0.6 is 11.6 Å². The van der Waals surface area contributed by atoms with Crippen molar-refractivity contribution in [1.82, 2.24) is 5.32 Å². The highest BCUT2D eigenvalue weighted by Gasteiger charge is 2.36. The van der Waals surface area contributed by atoms with E-state index in [2.05, 4.69) is 39.8 Å². The quantitative estimate of drug-likeness (QED) is 0.546. The second-order valence-electron chi connectivity index (χ2n) is 8.38. The van der Waals surface area contributed by atoms with Gasteiger partial charge in [-0.05, 0) is 54.8 Å². The highest BCUT2D eigenvalue weighted by Crippen LogP contribution is 2.36. The van der Waals surface area contributed by atoms with Gasteiger partial charge >= 0.3 is 0 Å². The van der Waals surface area contributed by atoms with E-state index in [-0.39, 0.29) is 0 Å². The van der Waals surface area contributed by atoms with E-state index in [1.165, 1.54) is 12.1 Å². The molecular weight excluding hydrogens is 408 g/mol. The molecule has 3 fully saturated rings. The molecular formula is C25H25ClN4O. The van der Waals surface area contributed by atoms with Crippen LogP contribution in [0.25, 0.3) is 11.1 Å². The Hall–Kier alpha value is -3.02. The number of piperidine rings is 1. The van der Waals surface area contributed by atoms with Gasteiger partial charge in [0, 0.05) is 47.1 Å². The Morgan fingerprint density at radius 2 is 1.74 bits per heavy atom. The SMILES string of the molecule is Cc1c(Cl)cccc1Nc1c(C(N)=O)cccc1-c1ccc(N2C[C@H]3C[C@@H](C2)N3)cc1. The maximum absolute atomic E-state index is 12.2. The number of halogens is 1. The molecule has 31 heavy (non-hydrogen) atoms. The van der Waals surface area contributed by atoms with Crippen LogP contribution in [-0.2, 0) is 0 Å². The Morgan fingerprint density at radius 3 is 2.42 bits per heavy atom. The second kappa shape index (κ2) is 7.91. The number of primary amides is 1. The number of benzene rings is 3. The van der Waals surface area contributed by atoms with Gasteiger partial charge in [-0.1, -0.05) is 41.9 Å². The normalized spacial score (nSPS) is 19.6. The molecule has 6 rings (SSSR count). The van der Waals surface area contributed by atoms with Gasteiger partial charge in [-0.25, -0.2) is 0 Å². The molecule has 0 saturated carbocycles. The highest BCUT2D eigenvalue weighted by molar-refractivity contribution is 6.31. The molecule has 0 aliphatic carbocycles. The predicted molar refractivity (Wildman–Crippen MR) is 127 cm³/mol. The van der Waals surface area contributed by atoms with Crippen LogP contribution in [0.15, 0.2) is 60.7 Å². The molecule has 3 aliphatic heterocycles. The Morgan fingerprint density at radius 1 is 1.06 bits per heavy atom. The fraction of sp³-hybridized carbons (Fsp3) is 0.240. The number of nitrogens with zero attached hydrogens (tertiary/aromatic N) is 1. The van der Waals surface area contributed by atoms with Crippen molar-refractivity contribution in [2.45, 2.75) is 25.4 Å². The third-order valence-corrected chi connectivity index (χ3v) is 6.73. The predicted octanol–water partition coefficient (Wildman–Crippen LogP) is 4.71. The van der Waals surface area contributed by atoms with Crippen molar-refractivity contribution in [2.24, 2.45) is 5.73 Å². The van der Waals surface area contributed by atoms with E-state index < -0.39 is 5.91 Å². The molecule has 3 aromatic carbocycles. The minimum atomic E-state index is -0.472. The molecule has 0 unspecified atom stereocenters. The molecule has 1 amide bonds. The van der Waals surface area contributed by atoms with Crippen LogP contribution in [0, 0.1) is 6.92 Å². The molecule has 158 valence electrons.